The Morgan fingerprint density at radius 2 is 1.92 bits per heavy atom. The van der Waals surface area contributed by atoms with E-state index in [4.69, 9.17) is 14.2 Å². The quantitative estimate of drug-likeness (QED) is 0.570. The van der Waals surface area contributed by atoms with Crippen LogP contribution in [-0.4, -0.2) is 58.4 Å². The topological polar surface area (TPSA) is 64.1 Å². The molecule has 1 unspecified atom stereocenters. The van der Waals surface area contributed by atoms with Crippen LogP contribution in [0.25, 0.3) is 0 Å². The zero-order valence-electron chi connectivity index (χ0n) is 15.6. The van der Waals surface area contributed by atoms with E-state index in [2.05, 4.69) is 15.6 Å². The molecule has 0 aromatic heterocycles. The van der Waals surface area contributed by atoms with E-state index in [-0.39, 0.29) is 0 Å². The first-order chi connectivity index (χ1) is 12.2. The number of nitrogens with zero attached hydrogens (tertiary/aromatic N) is 1. The summed E-state index contributed by atoms with van der Waals surface area (Å²) in [7, 11) is 6.76. The highest BCUT2D eigenvalue weighted by Crippen LogP contribution is 2.34. The lowest BCUT2D eigenvalue weighted by atomic mass is 10.1. The molecule has 1 aliphatic rings. The monoisotopic (exact) mass is 367 g/mol. The van der Waals surface area contributed by atoms with Gasteiger partial charge in [0, 0.05) is 43.1 Å². The summed E-state index contributed by atoms with van der Waals surface area (Å²) < 4.78 is 16.3. The van der Waals surface area contributed by atoms with Crippen molar-refractivity contribution in [3.05, 3.63) is 17.7 Å². The molecule has 6 nitrogen and oxygen atoms in total. The van der Waals surface area contributed by atoms with Crippen molar-refractivity contribution in [2.24, 2.45) is 4.99 Å². The Labute approximate surface area is 154 Å². The number of hydrogen-bond donors (Lipinski definition) is 2. The van der Waals surface area contributed by atoms with Crippen LogP contribution in [0, 0.1) is 0 Å². The molecule has 0 amide bonds. The molecule has 1 atom stereocenters. The molecule has 1 aliphatic heterocycles. The van der Waals surface area contributed by atoms with E-state index in [1.165, 1.54) is 18.6 Å². The fourth-order valence-corrected chi connectivity index (χ4v) is 3.94. The molecule has 0 spiro atoms. The van der Waals surface area contributed by atoms with E-state index in [0.29, 0.717) is 6.04 Å². The van der Waals surface area contributed by atoms with E-state index in [0.717, 1.165) is 47.5 Å². The second-order valence-electron chi connectivity index (χ2n) is 5.82. The molecule has 0 aliphatic carbocycles. The second-order valence-corrected chi connectivity index (χ2v) is 6.97. The van der Waals surface area contributed by atoms with Crippen molar-refractivity contribution in [3.8, 4) is 17.2 Å². The largest absolute Gasteiger partial charge is 0.496 e. The van der Waals surface area contributed by atoms with E-state index in [9.17, 15) is 0 Å². The lowest BCUT2D eigenvalue weighted by Gasteiger charge is -2.24. The average Bonchev–Trinajstić information content (AvgIpc) is 2.67. The minimum absolute atomic E-state index is 0.495. The summed E-state index contributed by atoms with van der Waals surface area (Å²) in [5.74, 6) is 5.51. The molecule has 1 saturated heterocycles. The SMILES string of the molecule is CN=C(NCCc1c(OC)cc(OC)cc1OC)NC1CCCSC1. The molecule has 0 bridgehead atoms. The molecule has 1 aromatic rings. The van der Waals surface area contributed by atoms with Crippen LogP contribution in [0.15, 0.2) is 17.1 Å². The highest BCUT2D eigenvalue weighted by Gasteiger charge is 2.16. The van der Waals surface area contributed by atoms with Gasteiger partial charge in [0.05, 0.1) is 21.3 Å². The van der Waals surface area contributed by atoms with Gasteiger partial charge >= 0.3 is 0 Å². The second kappa shape index (κ2) is 10.3. The van der Waals surface area contributed by atoms with Gasteiger partial charge in [-0.05, 0) is 25.0 Å². The molecule has 0 saturated carbocycles. The molecule has 2 rings (SSSR count). The van der Waals surface area contributed by atoms with Gasteiger partial charge in [-0.2, -0.15) is 11.8 Å². The third-order valence-corrected chi connectivity index (χ3v) is 5.42. The number of nitrogens with one attached hydrogen (secondary N) is 2. The van der Waals surface area contributed by atoms with Gasteiger partial charge in [0.15, 0.2) is 5.96 Å². The lowest BCUT2D eigenvalue weighted by Crippen LogP contribution is -2.46. The van der Waals surface area contributed by atoms with Crippen LogP contribution in [0.5, 0.6) is 17.2 Å². The zero-order valence-corrected chi connectivity index (χ0v) is 16.4. The summed E-state index contributed by atoms with van der Waals surface area (Å²) in [5.41, 5.74) is 1.02. The number of methoxy groups -OCH3 is 3. The fourth-order valence-electron chi connectivity index (χ4n) is 2.87. The van der Waals surface area contributed by atoms with Crippen LogP contribution in [0.4, 0.5) is 0 Å². The number of aliphatic imine (C=N–C) groups is 1. The number of guanidine groups is 1. The smallest absolute Gasteiger partial charge is 0.191 e. The molecule has 2 N–H and O–H groups in total. The Balaban J connectivity index is 1.95. The molecule has 140 valence electrons. The standard InChI is InChI=1S/C18H29N3O3S/c1-19-18(21-13-6-5-9-25-12-13)20-8-7-15-16(23-3)10-14(22-2)11-17(15)24-4/h10-11,13H,5-9,12H2,1-4H3,(H2,19,20,21). The molecule has 7 heteroatoms. The lowest BCUT2D eigenvalue weighted by molar-refractivity contribution is 0.368. The highest BCUT2D eigenvalue weighted by atomic mass is 32.2. The van der Waals surface area contributed by atoms with E-state index >= 15 is 0 Å². The maximum atomic E-state index is 5.50. The first kappa shape index (κ1) is 19.6. The maximum absolute atomic E-state index is 5.50. The normalized spacial score (nSPS) is 17.8. The van der Waals surface area contributed by atoms with E-state index in [1.807, 2.05) is 23.9 Å². The minimum Gasteiger partial charge on any atom is -0.496 e. The Hall–Kier alpha value is -1.76. The Morgan fingerprint density at radius 3 is 2.44 bits per heavy atom. The molecular weight excluding hydrogens is 338 g/mol. The van der Waals surface area contributed by atoms with Gasteiger partial charge in [-0.25, -0.2) is 0 Å². The molecular formula is C18H29N3O3S. The summed E-state index contributed by atoms with van der Waals surface area (Å²) in [6.45, 7) is 0.735. The van der Waals surface area contributed by atoms with Crippen LogP contribution in [0.2, 0.25) is 0 Å². The van der Waals surface area contributed by atoms with Crippen LogP contribution in [-0.2, 0) is 6.42 Å². The van der Waals surface area contributed by atoms with Crippen molar-refractivity contribution in [1.29, 1.82) is 0 Å². The van der Waals surface area contributed by atoms with Gasteiger partial charge in [-0.1, -0.05) is 0 Å². The average molecular weight is 368 g/mol. The van der Waals surface area contributed by atoms with E-state index in [1.54, 1.807) is 28.4 Å². The summed E-state index contributed by atoms with van der Waals surface area (Å²) >= 11 is 2.00. The number of benzene rings is 1. The zero-order chi connectivity index (χ0) is 18.1. The van der Waals surface area contributed by atoms with Crippen LogP contribution >= 0.6 is 11.8 Å². The van der Waals surface area contributed by atoms with Crippen molar-refractivity contribution in [2.75, 3.05) is 46.4 Å². The van der Waals surface area contributed by atoms with Gasteiger partial charge in [-0.15, -0.1) is 0 Å². The number of rotatable bonds is 7. The Bertz CT molecular complexity index is 550. The Kier molecular flexibility index (Phi) is 8.04. The summed E-state index contributed by atoms with van der Waals surface area (Å²) in [6, 6.07) is 4.25. The van der Waals surface area contributed by atoms with E-state index < -0.39 is 0 Å². The van der Waals surface area contributed by atoms with Gasteiger partial charge in [0.1, 0.15) is 17.2 Å². The first-order valence-corrected chi connectivity index (χ1v) is 9.71. The van der Waals surface area contributed by atoms with Crippen molar-refractivity contribution >= 4 is 17.7 Å². The molecule has 25 heavy (non-hydrogen) atoms. The summed E-state index contributed by atoms with van der Waals surface area (Å²) in [6.07, 6.45) is 3.23. The van der Waals surface area contributed by atoms with Crippen molar-refractivity contribution in [1.82, 2.24) is 10.6 Å². The van der Waals surface area contributed by atoms with Crippen LogP contribution < -0.4 is 24.8 Å². The number of hydrogen-bond acceptors (Lipinski definition) is 5. The highest BCUT2D eigenvalue weighted by molar-refractivity contribution is 7.99. The van der Waals surface area contributed by atoms with Crippen molar-refractivity contribution in [3.63, 3.8) is 0 Å². The Morgan fingerprint density at radius 1 is 1.20 bits per heavy atom. The molecule has 1 aromatic carbocycles. The molecule has 0 radical (unpaired) electrons. The third kappa shape index (κ3) is 5.63. The maximum Gasteiger partial charge on any atom is 0.191 e. The molecule has 1 heterocycles. The van der Waals surface area contributed by atoms with Gasteiger partial charge in [-0.3, -0.25) is 4.99 Å². The van der Waals surface area contributed by atoms with Crippen molar-refractivity contribution < 1.29 is 14.2 Å². The number of ether oxygens (including phenoxy) is 3. The summed E-state index contributed by atoms with van der Waals surface area (Å²) in [4.78, 5) is 4.33. The summed E-state index contributed by atoms with van der Waals surface area (Å²) in [5, 5.41) is 6.89. The van der Waals surface area contributed by atoms with Crippen LogP contribution in [0.3, 0.4) is 0 Å². The predicted octanol–water partition coefficient (Wildman–Crippen LogP) is 2.32. The van der Waals surface area contributed by atoms with Crippen LogP contribution in [0.1, 0.15) is 18.4 Å². The van der Waals surface area contributed by atoms with Crippen molar-refractivity contribution in [2.45, 2.75) is 25.3 Å². The number of thioether (sulfide) groups is 1. The fraction of sp³-hybridized carbons (Fsp3) is 0.611. The van der Waals surface area contributed by atoms with Gasteiger partial charge < -0.3 is 24.8 Å². The minimum atomic E-state index is 0.495. The molecule has 1 fully saturated rings. The predicted molar refractivity (Wildman–Crippen MR) is 105 cm³/mol. The van der Waals surface area contributed by atoms with Gasteiger partial charge in [0.25, 0.3) is 0 Å². The third-order valence-electron chi connectivity index (χ3n) is 4.21. The first-order valence-electron chi connectivity index (χ1n) is 8.55. The van der Waals surface area contributed by atoms with Gasteiger partial charge in [0.2, 0.25) is 0 Å².